The third kappa shape index (κ3) is 2.52. The third-order valence-corrected chi connectivity index (χ3v) is 3.80. The number of benzene rings is 1. The lowest BCUT2D eigenvalue weighted by molar-refractivity contribution is 1.21. The maximum absolute atomic E-state index is 7.47. The molecule has 0 amide bonds. The van der Waals surface area contributed by atoms with E-state index in [0.29, 0.717) is 10.6 Å². The van der Waals surface area contributed by atoms with Crippen molar-refractivity contribution in [1.82, 2.24) is 9.36 Å². The second-order valence-corrected chi connectivity index (χ2v) is 5.37. The van der Waals surface area contributed by atoms with Gasteiger partial charge in [-0.05, 0) is 29.7 Å². The quantitative estimate of drug-likeness (QED) is 0.664. The van der Waals surface area contributed by atoms with E-state index in [-0.39, 0.29) is 5.84 Å². The van der Waals surface area contributed by atoms with E-state index in [9.17, 15) is 0 Å². The van der Waals surface area contributed by atoms with Crippen LogP contribution in [0.5, 0.6) is 0 Å². The summed E-state index contributed by atoms with van der Waals surface area (Å²) in [4.78, 5) is 4.92. The first-order chi connectivity index (χ1) is 7.66. The van der Waals surface area contributed by atoms with Gasteiger partial charge in [-0.2, -0.15) is 4.37 Å². The van der Waals surface area contributed by atoms with Crippen molar-refractivity contribution < 1.29 is 0 Å². The van der Waals surface area contributed by atoms with Gasteiger partial charge in [-0.15, -0.1) is 0 Å². The lowest BCUT2D eigenvalue weighted by Gasteiger charge is -2.06. The summed E-state index contributed by atoms with van der Waals surface area (Å²) in [6.45, 7) is 0. The van der Waals surface area contributed by atoms with E-state index in [1.165, 1.54) is 29.6 Å². The maximum atomic E-state index is 7.47. The Kier molecular flexibility index (Phi) is 3.42. The third-order valence-electron chi connectivity index (χ3n) is 1.77. The second-order valence-electron chi connectivity index (χ2n) is 2.86. The van der Waals surface area contributed by atoms with Crippen molar-refractivity contribution in [3.63, 3.8) is 0 Å². The average Bonchev–Trinajstić information content (AvgIpc) is 2.73. The van der Waals surface area contributed by atoms with Gasteiger partial charge in [-0.3, -0.25) is 5.41 Å². The largest absolute Gasteiger partial charge is 0.384 e. The number of aromatic nitrogens is 2. The van der Waals surface area contributed by atoms with Crippen LogP contribution in [0.4, 0.5) is 0 Å². The standard InChI is InChI=1S/C9H7ClN4S2/c10-5-1-2-7(6(3-5)8(11)12)15-9-13-4-14-16-9/h1-4H,(H3,11,12). The molecule has 3 N–H and O–H groups in total. The van der Waals surface area contributed by atoms with Gasteiger partial charge in [0.25, 0.3) is 0 Å². The van der Waals surface area contributed by atoms with Crippen molar-refractivity contribution in [2.75, 3.05) is 0 Å². The smallest absolute Gasteiger partial charge is 0.174 e. The molecular weight excluding hydrogens is 264 g/mol. The molecule has 0 aliphatic heterocycles. The van der Waals surface area contributed by atoms with Crippen molar-refractivity contribution in [1.29, 1.82) is 5.41 Å². The molecule has 0 atom stereocenters. The van der Waals surface area contributed by atoms with Crippen LogP contribution in [0.1, 0.15) is 5.56 Å². The second kappa shape index (κ2) is 4.82. The number of nitrogens with zero attached hydrogens (tertiary/aromatic N) is 2. The zero-order valence-corrected chi connectivity index (χ0v) is 10.4. The van der Waals surface area contributed by atoms with Crippen LogP contribution in [0.25, 0.3) is 0 Å². The topological polar surface area (TPSA) is 75.7 Å². The number of nitrogens with one attached hydrogen (secondary N) is 1. The van der Waals surface area contributed by atoms with E-state index in [2.05, 4.69) is 9.36 Å². The molecule has 7 heteroatoms. The number of halogens is 1. The summed E-state index contributed by atoms with van der Waals surface area (Å²) in [5.41, 5.74) is 6.11. The van der Waals surface area contributed by atoms with Gasteiger partial charge < -0.3 is 5.73 Å². The molecular formula is C9H7ClN4S2. The number of nitrogen functional groups attached to an aromatic ring is 1. The molecule has 82 valence electrons. The normalized spacial score (nSPS) is 10.3. The summed E-state index contributed by atoms with van der Waals surface area (Å²) >= 11 is 8.58. The minimum atomic E-state index is -0.00508. The number of hydrogen-bond donors (Lipinski definition) is 2. The van der Waals surface area contributed by atoms with E-state index < -0.39 is 0 Å². The minimum Gasteiger partial charge on any atom is -0.384 e. The molecule has 0 saturated heterocycles. The van der Waals surface area contributed by atoms with Gasteiger partial charge in [0.05, 0.1) is 0 Å². The van der Waals surface area contributed by atoms with Crippen LogP contribution in [0.2, 0.25) is 5.02 Å². The Balaban J connectivity index is 2.36. The Morgan fingerprint density at radius 2 is 2.31 bits per heavy atom. The summed E-state index contributed by atoms with van der Waals surface area (Å²) in [6, 6.07) is 5.26. The van der Waals surface area contributed by atoms with Gasteiger partial charge >= 0.3 is 0 Å². The molecule has 0 spiro atoms. The van der Waals surface area contributed by atoms with Crippen LogP contribution >= 0.6 is 34.9 Å². The van der Waals surface area contributed by atoms with Gasteiger partial charge in [0.15, 0.2) is 4.34 Å². The van der Waals surface area contributed by atoms with E-state index >= 15 is 0 Å². The lowest BCUT2D eigenvalue weighted by atomic mass is 10.2. The van der Waals surface area contributed by atoms with Crippen LogP contribution < -0.4 is 5.73 Å². The summed E-state index contributed by atoms with van der Waals surface area (Å²) in [6.07, 6.45) is 1.50. The summed E-state index contributed by atoms with van der Waals surface area (Å²) in [5, 5.41) is 8.04. The fourth-order valence-corrected chi connectivity index (χ4v) is 2.80. The lowest BCUT2D eigenvalue weighted by Crippen LogP contribution is -2.12. The zero-order chi connectivity index (χ0) is 11.5. The fourth-order valence-electron chi connectivity index (χ4n) is 1.10. The fraction of sp³-hybridized carbons (Fsp3) is 0. The average molecular weight is 271 g/mol. The molecule has 2 rings (SSSR count). The molecule has 0 unspecified atom stereocenters. The molecule has 0 fully saturated rings. The van der Waals surface area contributed by atoms with E-state index in [0.717, 1.165) is 9.24 Å². The molecule has 0 aliphatic carbocycles. The Morgan fingerprint density at radius 1 is 1.50 bits per heavy atom. The number of hydrogen-bond acceptors (Lipinski definition) is 5. The Morgan fingerprint density at radius 3 is 2.94 bits per heavy atom. The van der Waals surface area contributed by atoms with Crippen LogP contribution in [0.15, 0.2) is 33.8 Å². The predicted molar refractivity (Wildman–Crippen MR) is 66.5 cm³/mol. The van der Waals surface area contributed by atoms with Gasteiger partial charge in [0, 0.05) is 15.5 Å². The van der Waals surface area contributed by atoms with Crippen LogP contribution in [0, 0.1) is 5.41 Å². The first-order valence-electron chi connectivity index (χ1n) is 4.25. The first-order valence-corrected chi connectivity index (χ1v) is 6.22. The molecule has 0 aliphatic rings. The highest BCUT2D eigenvalue weighted by molar-refractivity contribution is 8.01. The molecule has 0 radical (unpaired) electrons. The Hall–Kier alpha value is -1.11. The van der Waals surface area contributed by atoms with E-state index in [1.54, 1.807) is 12.1 Å². The Labute approximate surface area is 106 Å². The Bertz CT molecular complexity index is 512. The molecule has 4 nitrogen and oxygen atoms in total. The van der Waals surface area contributed by atoms with Gasteiger partial charge in [-0.1, -0.05) is 23.4 Å². The monoisotopic (exact) mass is 270 g/mol. The van der Waals surface area contributed by atoms with Crippen molar-refractivity contribution in [2.45, 2.75) is 9.24 Å². The SMILES string of the molecule is N=C(N)c1cc(Cl)ccc1Sc1ncns1. The van der Waals surface area contributed by atoms with E-state index in [1.807, 2.05) is 6.07 Å². The number of amidine groups is 1. The van der Waals surface area contributed by atoms with Gasteiger partial charge in [0.2, 0.25) is 0 Å². The van der Waals surface area contributed by atoms with Gasteiger partial charge in [0.1, 0.15) is 12.2 Å². The van der Waals surface area contributed by atoms with Gasteiger partial charge in [-0.25, -0.2) is 4.98 Å². The number of rotatable bonds is 3. The number of nitrogens with two attached hydrogens (primary N) is 1. The van der Waals surface area contributed by atoms with E-state index in [4.69, 9.17) is 22.7 Å². The molecule has 1 aromatic heterocycles. The summed E-state index contributed by atoms with van der Waals surface area (Å²) < 4.78 is 4.72. The predicted octanol–water partition coefficient (Wildman–Crippen LogP) is 2.63. The molecule has 1 heterocycles. The van der Waals surface area contributed by atoms with Crippen LogP contribution in [0.3, 0.4) is 0 Å². The highest BCUT2D eigenvalue weighted by Gasteiger charge is 2.09. The summed E-state index contributed by atoms with van der Waals surface area (Å²) in [5.74, 6) is -0.00508. The van der Waals surface area contributed by atoms with Crippen molar-refractivity contribution in [2.24, 2.45) is 5.73 Å². The zero-order valence-electron chi connectivity index (χ0n) is 7.98. The summed E-state index contributed by atoms with van der Waals surface area (Å²) in [7, 11) is 0. The maximum Gasteiger partial charge on any atom is 0.174 e. The van der Waals surface area contributed by atoms with Crippen molar-refractivity contribution >= 4 is 40.7 Å². The van der Waals surface area contributed by atoms with Crippen molar-refractivity contribution in [3.05, 3.63) is 35.1 Å². The molecule has 16 heavy (non-hydrogen) atoms. The van der Waals surface area contributed by atoms with Crippen LogP contribution in [-0.2, 0) is 0 Å². The molecule has 0 bridgehead atoms. The van der Waals surface area contributed by atoms with Crippen LogP contribution in [-0.4, -0.2) is 15.2 Å². The highest BCUT2D eigenvalue weighted by atomic mass is 35.5. The highest BCUT2D eigenvalue weighted by Crippen LogP contribution is 2.32. The molecule has 1 aromatic carbocycles. The molecule has 0 saturated carbocycles. The molecule has 2 aromatic rings. The van der Waals surface area contributed by atoms with Crippen molar-refractivity contribution in [3.8, 4) is 0 Å². The minimum absolute atomic E-state index is 0.00508. The first kappa shape index (κ1) is 11.4.